The molecule has 1 aliphatic rings. The minimum atomic E-state index is -0.673. The summed E-state index contributed by atoms with van der Waals surface area (Å²) < 4.78 is 14.0. The first-order valence-corrected chi connectivity index (χ1v) is 9.16. The molecule has 1 saturated heterocycles. The number of halogens is 3. The highest BCUT2D eigenvalue weighted by Crippen LogP contribution is 2.24. The molecular formula is C17H19Cl2FN6O. The van der Waals surface area contributed by atoms with Crippen molar-refractivity contribution in [3.63, 3.8) is 0 Å². The lowest BCUT2D eigenvalue weighted by Gasteiger charge is -2.37. The van der Waals surface area contributed by atoms with Crippen molar-refractivity contribution in [2.45, 2.75) is 25.0 Å². The Morgan fingerprint density at radius 3 is 2.74 bits per heavy atom. The van der Waals surface area contributed by atoms with Crippen LogP contribution in [0.2, 0.25) is 10.0 Å². The van der Waals surface area contributed by atoms with Crippen molar-refractivity contribution in [2.24, 2.45) is 0 Å². The largest absolute Gasteiger partial charge is 0.381 e. The third-order valence-corrected chi connectivity index (χ3v) is 4.75. The van der Waals surface area contributed by atoms with Crippen LogP contribution < -0.4 is 16.4 Å². The number of nitrogens with one attached hydrogen (secondary N) is 2. The maximum absolute atomic E-state index is 14.0. The van der Waals surface area contributed by atoms with Gasteiger partial charge < -0.3 is 16.4 Å². The summed E-state index contributed by atoms with van der Waals surface area (Å²) in [4.78, 5) is 21.1. The number of hydrogen-bond donors (Lipinski definition) is 3. The summed E-state index contributed by atoms with van der Waals surface area (Å²) in [5, 5.41) is 7.13. The average Bonchev–Trinajstić information content (AvgIpc) is 2.63. The zero-order valence-corrected chi connectivity index (χ0v) is 15.8. The number of aromatic nitrogens is 2. The van der Waals surface area contributed by atoms with Crippen LogP contribution in [0.5, 0.6) is 0 Å². The number of carbonyl (C=O) groups excluding carboxylic acids is 1. The van der Waals surface area contributed by atoms with Crippen LogP contribution >= 0.6 is 23.2 Å². The van der Waals surface area contributed by atoms with Gasteiger partial charge in [-0.3, -0.25) is 9.69 Å². The van der Waals surface area contributed by atoms with Crippen molar-refractivity contribution in [3.05, 3.63) is 40.4 Å². The van der Waals surface area contributed by atoms with Crippen LogP contribution in [0.3, 0.4) is 0 Å². The molecule has 1 aliphatic heterocycles. The number of anilines is 3. The number of aldehydes is 1. The van der Waals surface area contributed by atoms with E-state index in [1.165, 1.54) is 6.33 Å². The maximum Gasteiger partial charge on any atom is 0.207 e. The second-order valence-electron chi connectivity index (χ2n) is 6.28. The van der Waals surface area contributed by atoms with Crippen molar-refractivity contribution in [1.29, 1.82) is 0 Å². The molecule has 27 heavy (non-hydrogen) atoms. The third-order valence-electron chi connectivity index (χ3n) is 4.31. The Balaban J connectivity index is 1.68. The minimum Gasteiger partial charge on any atom is -0.381 e. The number of likely N-dealkylation sites (tertiary alicyclic amines) is 1. The van der Waals surface area contributed by atoms with Gasteiger partial charge in [0.2, 0.25) is 5.82 Å². The smallest absolute Gasteiger partial charge is 0.207 e. The van der Waals surface area contributed by atoms with E-state index < -0.39 is 12.0 Å². The molecule has 4 N–H and O–H groups in total. The summed E-state index contributed by atoms with van der Waals surface area (Å²) in [6.07, 6.45) is 3.11. The number of rotatable bonds is 6. The Morgan fingerprint density at radius 2 is 2.04 bits per heavy atom. The molecule has 0 saturated carbocycles. The summed E-state index contributed by atoms with van der Waals surface area (Å²) >= 11 is 12.0. The highest BCUT2D eigenvalue weighted by molar-refractivity contribution is 6.35. The molecule has 0 radical (unpaired) electrons. The van der Waals surface area contributed by atoms with Crippen LogP contribution in [0.25, 0.3) is 0 Å². The Labute approximate surface area is 166 Å². The number of carbonyl (C=O) groups is 1. The van der Waals surface area contributed by atoms with Crippen molar-refractivity contribution in [1.82, 2.24) is 14.9 Å². The lowest BCUT2D eigenvalue weighted by atomic mass is 10.1. The lowest BCUT2D eigenvalue weighted by Crippen LogP contribution is -2.50. The first-order valence-electron chi connectivity index (χ1n) is 8.40. The molecule has 3 rings (SSSR count). The van der Waals surface area contributed by atoms with Gasteiger partial charge in [0.15, 0.2) is 17.9 Å². The monoisotopic (exact) mass is 412 g/mol. The van der Waals surface area contributed by atoms with Crippen molar-refractivity contribution in [3.8, 4) is 0 Å². The van der Waals surface area contributed by atoms with Crippen LogP contribution in [-0.4, -0.2) is 46.5 Å². The van der Waals surface area contributed by atoms with E-state index in [1.54, 1.807) is 18.2 Å². The summed E-state index contributed by atoms with van der Waals surface area (Å²) in [5.41, 5.74) is 6.13. The highest BCUT2D eigenvalue weighted by atomic mass is 35.5. The van der Waals surface area contributed by atoms with Crippen LogP contribution in [0, 0.1) is 5.82 Å². The fourth-order valence-electron chi connectivity index (χ4n) is 3.07. The Bertz CT molecular complexity index is 804. The van der Waals surface area contributed by atoms with Gasteiger partial charge in [-0.15, -0.1) is 0 Å². The number of hydrogen-bond acceptors (Lipinski definition) is 7. The molecule has 0 spiro atoms. The second kappa shape index (κ2) is 8.69. The molecule has 0 aliphatic carbocycles. The van der Waals surface area contributed by atoms with Gasteiger partial charge >= 0.3 is 0 Å². The Morgan fingerprint density at radius 1 is 1.30 bits per heavy atom. The van der Waals surface area contributed by atoms with E-state index in [4.69, 9.17) is 28.9 Å². The second-order valence-corrected chi connectivity index (χ2v) is 7.16. The van der Waals surface area contributed by atoms with E-state index in [0.717, 1.165) is 25.7 Å². The molecule has 1 aromatic carbocycles. The Hall–Kier alpha value is -2.16. The van der Waals surface area contributed by atoms with Gasteiger partial charge in [0.25, 0.3) is 0 Å². The maximum atomic E-state index is 14.0. The number of nitrogens with zero attached hydrogens (tertiary/aromatic N) is 3. The molecule has 2 aromatic rings. The number of nitrogens with two attached hydrogens (primary N) is 1. The van der Waals surface area contributed by atoms with Crippen molar-refractivity contribution >= 4 is 46.8 Å². The first kappa shape index (κ1) is 19.6. The van der Waals surface area contributed by atoms with E-state index >= 15 is 0 Å². The standard InChI is InChI=1S/C17H19Cl2FN6O/c18-10-4-11(19)6-13(5-10)24-14(8-27)26-3-1-2-12(7-26)25-17-15(20)16(21)22-9-23-17/h4-6,8-9,12,14,24H,1-3,7H2,(H3,21,22,23,25). The molecule has 1 aromatic heterocycles. The zero-order valence-electron chi connectivity index (χ0n) is 14.3. The predicted octanol–water partition coefficient (Wildman–Crippen LogP) is 3.02. The molecule has 7 nitrogen and oxygen atoms in total. The fraction of sp³-hybridized carbons (Fsp3) is 0.353. The molecular weight excluding hydrogens is 394 g/mol. The van der Waals surface area contributed by atoms with E-state index in [9.17, 15) is 9.18 Å². The van der Waals surface area contributed by atoms with Gasteiger partial charge in [-0.05, 0) is 31.0 Å². The van der Waals surface area contributed by atoms with Gasteiger partial charge in [0.1, 0.15) is 12.5 Å². The molecule has 2 heterocycles. The van der Waals surface area contributed by atoms with Crippen LogP contribution in [0.15, 0.2) is 24.5 Å². The molecule has 0 amide bonds. The third kappa shape index (κ3) is 4.97. The molecule has 2 atom stereocenters. The Kier molecular flexibility index (Phi) is 6.30. The SMILES string of the molecule is Nc1ncnc(NC2CCCN(C(C=O)Nc3cc(Cl)cc(Cl)c3)C2)c1F. The van der Waals surface area contributed by atoms with Crippen LogP contribution in [0.1, 0.15) is 12.8 Å². The molecule has 10 heteroatoms. The van der Waals surface area contributed by atoms with E-state index in [0.29, 0.717) is 22.3 Å². The lowest BCUT2D eigenvalue weighted by molar-refractivity contribution is -0.111. The number of benzene rings is 1. The van der Waals surface area contributed by atoms with Gasteiger partial charge in [0.05, 0.1) is 0 Å². The summed E-state index contributed by atoms with van der Waals surface area (Å²) in [7, 11) is 0. The molecule has 0 bridgehead atoms. The average molecular weight is 413 g/mol. The first-order chi connectivity index (χ1) is 13.0. The summed E-state index contributed by atoms with van der Waals surface area (Å²) in [6.45, 7) is 1.24. The zero-order chi connectivity index (χ0) is 19.4. The molecule has 2 unspecified atom stereocenters. The summed E-state index contributed by atoms with van der Waals surface area (Å²) in [5.74, 6) is -0.815. The van der Waals surface area contributed by atoms with E-state index in [1.807, 2.05) is 4.90 Å². The number of nitrogen functional groups attached to an aromatic ring is 1. The minimum absolute atomic E-state index is 0.0617. The van der Waals surface area contributed by atoms with E-state index in [2.05, 4.69) is 20.6 Å². The topological polar surface area (TPSA) is 96.2 Å². The highest BCUT2D eigenvalue weighted by Gasteiger charge is 2.27. The van der Waals surface area contributed by atoms with Crippen molar-refractivity contribution < 1.29 is 9.18 Å². The van der Waals surface area contributed by atoms with Gasteiger partial charge in [0, 0.05) is 34.9 Å². The van der Waals surface area contributed by atoms with Gasteiger partial charge in [-0.25, -0.2) is 9.97 Å². The fourth-order valence-corrected chi connectivity index (χ4v) is 3.60. The normalized spacial score (nSPS) is 18.7. The summed E-state index contributed by atoms with van der Waals surface area (Å²) in [6, 6.07) is 4.92. The van der Waals surface area contributed by atoms with Crippen LogP contribution in [0.4, 0.5) is 21.7 Å². The van der Waals surface area contributed by atoms with Gasteiger partial charge in [-0.2, -0.15) is 4.39 Å². The van der Waals surface area contributed by atoms with Crippen LogP contribution in [-0.2, 0) is 4.79 Å². The molecule has 144 valence electrons. The quantitative estimate of drug-likeness (QED) is 0.627. The van der Waals surface area contributed by atoms with E-state index in [-0.39, 0.29) is 17.7 Å². The molecule has 1 fully saturated rings. The number of piperidine rings is 1. The van der Waals surface area contributed by atoms with Crippen molar-refractivity contribution in [2.75, 3.05) is 29.5 Å². The predicted molar refractivity (Wildman–Crippen MR) is 105 cm³/mol. The van der Waals surface area contributed by atoms with Gasteiger partial charge in [-0.1, -0.05) is 23.2 Å².